The van der Waals surface area contributed by atoms with E-state index in [4.69, 9.17) is 9.47 Å². The summed E-state index contributed by atoms with van der Waals surface area (Å²) in [5.74, 6) is 0.226. The molecule has 2 heterocycles. The van der Waals surface area contributed by atoms with Gasteiger partial charge in [0, 0.05) is 22.8 Å². The summed E-state index contributed by atoms with van der Waals surface area (Å²) < 4.78 is 12.4. The van der Waals surface area contributed by atoms with Crippen molar-refractivity contribution in [3.63, 3.8) is 0 Å². The van der Waals surface area contributed by atoms with Crippen molar-refractivity contribution in [1.29, 1.82) is 0 Å². The van der Waals surface area contributed by atoms with Gasteiger partial charge in [0.1, 0.15) is 18.0 Å². The first-order chi connectivity index (χ1) is 12.5. The maximum atomic E-state index is 12.1. The second-order valence-electron chi connectivity index (χ2n) is 5.38. The maximum Gasteiger partial charge on any atom is 0.331 e. The van der Waals surface area contributed by atoms with Crippen LogP contribution < -0.4 is 10.3 Å². The summed E-state index contributed by atoms with van der Waals surface area (Å²) in [4.78, 5) is 28.3. The Labute approximate surface area is 157 Å². The summed E-state index contributed by atoms with van der Waals surface area (Å²) in [6.07, 6.45) is 4.60. The van der Waals surface area contributed by atoms with Gasteiger partial charge < -0.3 is 9.47 Å². The van der Waals surface area contributed by atoms with Crippen LogP contribution in [0.1, 0.15) is 11.3 Å². The number of hydrogen-bond donors (Lipinski definition) is 0. The number of aromatic nitrogens is 2. The largest absolute Gasteiger partial charge is 0.497 e. The van der Waals surface area contributed by atoms with E-state index < -0.39 is 5.97 Å². The average Bonchev–Trinajstić information content (AvgIpc) is 2.65. The van der Waals surface area contributed by atoms with Crippen LogP contribution in [0.2, 0.25) is 0 Å². The summed E-state index contributed by atoms with van der Waals surface area (Å²) in [5, 5.41) is 0. The second kappa shape index (κ2) is 7.97. The fourth-order valence-corrected chi connectivity index (χ4v) is 2.61. The lowest BCUT2D eigenvalue weighted by Gasteiger charge is -2.05. The molecule has 0 bridgehead atoms. The lowest BCUT2D eigenvalue weighted by Crippen LogP contribution is -2.16. The smallest absolute Gasteiger partial charge is 0.331 e. The molecule has 0 aliphatic heterocycles. The highest BCUT2D eigenvalue weighted by Gasteiger charge is 2.05. The van der Waals surface area contributed by atoms with Gasteiger partial charge in [0.15, 0.2) is 0 Å². The number of carbonyl (C=O) groups excluding carboxylic acids is 1. The standard InChI is InChI=1S/C19H15BrN2O4/c1-25-16-6-2-13(3-7-16)4-9-19(24)26-12-15-10-18(23)22-11-14(20)5-8-17(22)21-15/h2-11H,12H2,1H3. The molecule has 0 saturated carbocycles. The Morgan fingerprint density at radius 3 is 2.73 bits per heavy atom. The molecule has 132 valence electrons. The fraction of sp³-hybridized carbons (Fsp3) is 0.105. The molecule has 2 aromatic heterocycles. The van der Waals surface area contributed by atoms with E-state index in [-0.39, 0.29) is 12.2 Å². The van der Waals surface area contributed by atoms with E-state index in [2.05, 4.69) is 20.9 Å². The molecule has 3 rings (SSSR count). The molecule has 0 spiro atoms. The van der Waals surface area contributed by atoms with E-state index in [0.29, 0.717) is 11.3 Å². The first-order valence-corrected chi connectivity index (χ1v) is 8.51. The molecule has 0 aliphatic carbocycles. The maximum absolute atomic E-state index is 12.1. The van der Waals surface area contributed by atoms with Crippen molar-refractivity contribution in [1.82, 2.24) is 9.38 Å². The van der Waals surface area contributed by atoms with Crippen LogP contribution in [0.4, 0.5) is 0 Å². The van der Waals surface area contributed by atoms with Crippen molar-refractivity contribution >= 4 is 33.6 Å². The van der Waals surface area contributed by atoms with Gasteiger partial charge in [0.25, 0.3) is 5.56 Å². The molecule has 0 N–H and O–H groups in total. The molecule has 0 atom stereocenters. The Balaban J connectivity index is 1.65. The highest BCUT2D eigenvalue weighted by molar-refractivity contribution is 9.10. The van der Waals surface area contributed by atoms with Gasteiger partial charge in [-0.15, -0.1) is 0 Å². The minimum Gasteiger partial charge on any atom is -0.497 e. The van der Waals surface area contributed by atoms with Gasteiger partial charge >= 0.3 is 5.97 Å². The average molecular weight is 415 g/mol. The minimum absolute atomic E-state index is 0.0758. The number of pyridine rings is 1. The molecule has 7 heteroatoms. The van der Waals surface area contributed by atoms with E-state index in [9.17, 15) is 9.59 Å². The lowest BCUT2D eigenvalue weighted by molar-refractivity contribution is -0.139. The number of halogens is 1. The Kier molecular flexibility index (Phi) is 5.48. The zero-order valence-electron chi connectivity index (χ0n) is 13.9. The van der Waals surface area contributed by atoms with E-state index in [1.165, 1.54) is 16.5 Å². The number of ether oxygens (including phenoxy) is 2. The number of methoxy groups -OCH3 is 1. The predicted molar refractivity (Wildman–Crippen MR) is 101 cm³/mol. The van der Waals surface area contributed by atoms with Gasteiger partial charge in [-0.25, -0.2) is 9.78 Å². The molecule has 0 amide bonds. The van der Waals surface area contributed by atoms with Gasteiger partial charge in [-0.2, -0.15) is 0 Å². The number of nitrogens with zero attached hydrogens (tertiary/aromatic N) is 2. The van der Waals surface area contributed by atoms with Crippen LogP contribution in [0.3, 0.4) is 0 Å². The number of benzene rings is 1. The van der Waals surface area contributed by atoms with Crippen molar-refractivity contribution in [3.8, 4) is 5.75 Å². The summed E-state index contributed by atoms with van der Waals surface area (Å²) in [7, 11) is 1.59. The van der Waals surface area contributed by atoms with Crippen LogP contribution in [0, 0.1) is 0 Å². The molecular weight excluding hydrogens is 400 g/mol. The molecule has 6 nitrogen and oxygen atoms in total. The first-order valence-electron chi connectivity index (χ1n) is 7.72. The van der Waals surface area contributed by atoms with Crippen molar-refractivity contribution in [3.05, 3.63) is 80.8 Å². The van der Waals surface area contributed by atoms with Crippen molar-refractivity contribution < 1.29 is 14.3 Å². The topological polar surface area (TPSA) is 69.9 Å². The zero-order valence-corrected chi connectivity index (χ0v) is 15.5. The van der Waals surface area contributed by atoms with E-state index >= 15 is 0 Å². The van der Waals surface area contributed by atoms with Crippen LogP contribution in [0.25, 0.3) is 11.7 Å². The molecule has 1 aromatic carbocycles. The van der Waals surface area contributed by atoms with E-state index in [1.807, 2.05) is 12.1 Å². The predicted octanol–water partition coefficient (Wildman–Crippen LogP) is 3.22. The van der Waals surface area contributed by atoms with Crippen LogP contribution in [-0.4, -0.2) is 22.5 Å². The second-order valence-corrected chi connectivity index (χ2v) is 6.29. The molecule has 26 heavy (non-hydrogen) atoms. The SMILES string of the molecule is COc1ccc(C=CC(=O)OCc2cc(=O)n3cc(Br)ccc3n2)cc1. The first kappa shape index (κ1) is 17.9. The molecule has 3 aromatic rings. The summed E-state index contributed by atoms with van der Waals surface area (Å²) in [6.45, 7) is -0.0758. The normalized spacial score (nSPS) is 11.0. The third kappa shape index (κ3) is 4.37. The number of rotatable bonds is 5. The quantitative estimate of drug-likeness (QED) is 0.473. The third-order valence-corrected chi connectivity index (χ3v) is 4.04. The van der Waals surface area contributed by atoms with Gasteiger partial charge in [0.05, 0.1) is 12.8 Å². The summed E-state index contributed by atoms with van der Waals surface area (Å²) >= 11 is 3.31. The lowest BCUT2D eigenvalue weighted by atomic mass is 10.2. The zero-order chi connectivity index (χ0) is 18.5. The van der Waals surface area contributed by atoms with Gasteiger partial charge in [-0.05, 0) is 51.8 Å². The molecule has 0 fully saturated rings. The van der Waals surface area contributed by atoms with E-state index in [0.717, 1.165) is 15.8 Å². The fourth-order valence-electron chi connectivity index (χ4n) is 2.27. The highest BCUT2D eigenvalue weighted by atomic mass is 79.9. The minimum atomic E-state index is -0.515. The van der Waals surface area contributed by atoms with E-state index in [1.54, 1.807) is 43.6 Å². The number of carbonyl (C=O) groups is 1. The van der Waals surface area contributed by atoms with Gasteiger partial charge in [-0.3, -0.25) is 9.20 Å². The molecule has 0 unspecified atom stereocenters. The van der Waals surface area contributed by atoms with Crippen LogP contribution >= 0.6 is 15.9 Å². The summed E-state index contributed by atoms with van der Waals surface area (Å²) in [6, 6.07) is 12.1. The van der Waals surface area contributed by atoms with Crippen LogP contribution in [0.5, 0.6) is 5.75 Å². The highest BCUT2D eigenvalue weighted by Crippen LogP contribution is 2.12. The molecule has 0 aliphatic rings. The molecule has 0 saturated heterocycles. The molecular formula is C19H15BrN2O4. The van der Waals surface area contributed by atoms with Gasteiger partial charge in [-0.1, -0.05) is 12.1 Å². The Hall–Kier alpha value is -2.93. The Morgan fingerprint density at radius 2 is 2.00 bits per heavy atom. The van der Waals surface area contributed by atoms with Crippen LogP contribution in [-0.2, 0) is 16.1 Å². The Bertz CT molecular complexity index is 1030. The third-order valence-electron chi connectivity index (χ3n) is 3.57. The summed E-state index contributed by atoms with van der Waals surface area (Å²) in [5.41, 5.74) is 1.48. The molecule has 0 radical (unpaired) electrons. The van der Waals surface area contributed by atoms with Gasteiger partial charge in [0.2, 0.25) is 0 Å². The number of hydrogen-bond acceptors (Lipinski definition) is 5. The van der Waals surface area contributed by atoms with Crippen molar-refractivity contribution in [2.45, 2.75) is 6.61 Å². The van der Waals surface area contributed by atoms with Crippen molar-refractivity contribution in [2.24, 2.45) is 0 Å². The number of fused-ring (bicyclic) bond motifs is 1. The van der Waals surface area contributed by atoms with Crippen LogP contribution in [0.15, 0.2) is 64.0 Å². The van der Waals surface area contributed by atoms with Crippen molar-refractivity contribution in [2.75, 3.05) is 7.11 Å². The monoisotopic (exact) mass is 414 g/mol. The Morgan fingerprint density at radius 1 is 1.23 bits per heavy atom. The number of esters is 1.